The van der Waals surface area contributed by atoms with Crippen LogP contribution in [-0.2, 0) is 17.8 Å². The van der Waals surface area contributed by atoms with Crippen LogP contribution in [-0.4, -0.2) is 34.1 Å². The Bertz CT molecular complexity index is 542. The van der Waals surface area contributed by atoms with Crippen molar-refractivity contribution in [2.75, 3.05) is 0 Å². The van der Waals surface area contributed by atoms with Gasteiger partial charge in [-0.25, -0.2) is 9.59 Å². The van der Waals surface area contributed by atoms with Crippen LogP contribution in [0, 0.1) is 5.92 Å². The predicted octanol–water partition coefficient (Wildman–Crippen LogP) is 2.25. The number of urea groups is 1. The molecule has 0 aromatic heterocycles. The van der Waals surface area contributed by atoms with Crippen molar-refractivity contribution in [3.8, 4) is 0 Å². The number of nitrogens with zero attached hydrogens (tertiary/aromatic N) is 1. The van der Waals surface area contributed by atoms with Crippen molar-refractivity contribution in [2.24, 2.45) is 5.92 Å². The normalized spacial score (nSPS) is 19.0. The third-order valence-corrected chi connectivity index (χ3v) is 4.15. The van der Waals surface area contributed by atoms with E-state index in [0.29, 0.717) is 18.9 Å². The molecular weight excluding hydrogens is 268 g/mol. The Kier molecular flexibility index (Phi) is 4.50. The first-order valence-electron chi connectivity index (χ1n) is 7.27. The maximum Gasteiger partial charge on any atom is 0.326 e. The van der Waals surface area contributed by atoms with Gasteiger partial charge in [0, 0.05) is 19.0 Å². The lowest BCUT2D eigenvalue weighted by molar-refractivity contribution is -0.142. The molecule has 5 heteroatoms. The molecule has 1 aromatic rings. The number of carbonyl (C=O) groups excluding carboxylic acids is 1. The van der Waals surface area contributed by atoms with E-state index in [0.717, 1.165) is 11.1 Å². The van der Waals surface area contributed by atoms with Gasteiger partial charge in [-0.05, 0) is 24.0 Å². The fourth-order valence-corrected chi connectivity index (χ4v) is 2.40. The number of rotatable bonds is 3. The van der Waals surface area contributed by atoms with Crippen molar-refractivity contribution in [1.29, 1.82) is 0 Å². The molecular formula is C16H22N2O3. The Morgan fingerprint density at radius 1 is 1.24 bits per heavy atom. The van der Waals surface area contributed by atoms with E-state index >= 15 is 0 Å². The molecule has 0 fully saturated rings. The van der Waals surface area contributed by atoms with E-state index in [9.17, 15) is 14.7 Å². The zero-order chi connectivity index (χ0) is 15.6. The lowest BCUT2D eigenvalue weighted by Crippen LogP contribution is -2.54. The monoisotopic (exact) mass is 290 g/mol. The molecule has 0 aliphatic carbocycles. The zero-order valence-electron chi connectivity index (χ0n) is 12.7. The average Bonchev–Trinajstić information content (AvgIpc) is 2.45. The van der Waals surface area contributed by atoms with Crippen molar-refractivity contribution >= 4 is 12.0 Å². The minimum absolute atomic E-state index is 0.00381. The second-order valence-electron chi connectivity index (χ2n) is 5.94. The van der Waals surface area contributed by atoms with Crippen LogP contribution >= 0.6 is 0 Å². The number of benzene rings is 1. The van der Waals surface area contributed by atoms with Gasteiger partial charge in [-0.2, -0.15) is 0 Å². The highest BCUT2D eigenvalue weighted by Gasteiger charge is 2.34. The van der Waals surface area contributed by atoms with Crippen molar-refractivity contribution in [2.45, 2.75) is 45.8 Å². The summed E-state index contributed by atoms with van der Waals surface area (Å²) < 4.78 is 0. The fourth-order valence-electron chi connectivity index (χ4n) is 2.40. The number of fused-ring (bicyclic) bond motifs is 1. The molecule has 1 aliphatic heterocycles. The minimum Gasteiger partial charge on any atom is -0.480 e. The summed E-state index contributed by atoms with van der Waals surface area (Å²) in [6.45, 7) is 6.30. The summed E-state index contributed by atoms with van der Waals surface area (Å²) in [4.78, 5) is 25.3. The van der Waals surface area contributed by atoms with E-state index in [2.05, 4.69) is 5.32 Å². The molecule has 0 saturated heterocycles. The molecule has 0 radical (unpaired) electrons. The summed E-state index contributed by atoms with van der Waals surface area (Å²) in [6.07, 6.45) is 0.356. The van der Waals surface area contributed by atoms with E-state index in [-0.39, 0.29) is 12.1 Å². The fraction of sp³-hybridized carbons (Fsp3) is 0.500. The third-order valence-electron chi connectivity index (χ3n) is 4.15. The number of nitrogens with one attached hydrogen (secondary N) is 1. The predicted molar refractivity (Wildman–Crippen MR) is 79.9 cm³/mol. The summed E-state index contributed by atoms with van der Waals surface area (Å²) in [6, 6.07) is 6.57. The molecule has 2 atom stereocenters. The average molecular weight is 290 g/mol. The Morgan fingerprint density at radius 2 is 1.86 bits per heavy atom. The van der Waals surface area contributed by atoms with Gasteiger partial charge in [-0.1, -0.05) is 38.1 Å². The molecule has 1 aromatic carbocycles. The molecule has 1 aliphatic rings. The maximum atomic E-state index is 12.4. The highest BCUT2D eigenvalue weighted by Crippen LogP contribution is 2.23. The van der Waals surface area contributed by atoms with Crippen molar-refractivity contribution in [3.63, 3.8) is 0 Å². The summed E-state index contributed by atoms with van der Waals surface area (Å²) in [5.41, 5.74) is 2.02. The number of carboxylic acid groups (broad SMARTS) is 1. The number of carboxylic acids is 1. The third kappa shape index (κ3) is 3.35. The molecule has 0 saturated carbocycles. The maximum absolute atomic E-state index is 12.4. The number of hydrogen-bond acceptors (Lipinski definition) is 2. The number of carbonyl (C=O) groups is 2. The van der Waals surface area contributed by atoms with Crippen molar-refractivity contribution in [3.05, 3.63) is 35.4 Å². The van der Waals surface area contributed by atoms with Gasteiger partial charge in [0.2, 0.25) is 0 Å². The van der Waals surface area contributed by atoms with E-state index in [1.165, 1.54) is 4.90 Å². The highest BCUT2D eigenvalue weighted by molar-refractivity contribution is 5.83. The largest absolute Gasteiger partial charge is 0.480 e. The van der Waals surface area contributed by atoms with Gasteiger partial charge >= 0.3 is 12.0 Å². The topological polar surface area (TPSA) is 69.6 Å². The van der Waals surface area contributed by atoms with Crippen molar-refractivity contribution in [1.82, 2.24) is 10.2 Å². The Morgan fingerprint density at radius 3 is 2.43 bits per heavy atom. The van der Waals surface area contributed by atoms with Gasteiger partial charge in [0.25, 0.3) is 0 Å². The van der Waals surface area contributed by atoms with Crippen LogP contribution < -0.4 is 5.32 Å². The minimum atomic E-state index is -0.961. The summed E-state index contributed by atoms with van der Waals surface area (Å²) >= 11 is 0. The first-order chi connectivity index (χ1) is 9.90. The van der Waals surface area contributed by atoms with Gasteiger partial charge in [0.15, 0.2) is 0 Å². The Balaban J connectivity index is 2.20. The van der Waals surface area contributed by atoms with Crippen molar-refractivity contribution < 1.29 is 14.7 Å². The van der Waals surface area contributed by atoms with Crippen LogP contribution in [0.3, 0.4) is 0 Å². The van der Waals surface area contributed by atoms with Crippen LogP contribution in [0.25, 0.3) is 0 Å². The number of aliphatic carboxylic acids is 1. The summed E-state index contributed by atoms with van der Waals surface area (Å²) in [5, 5.41) is 12.3. The van der Waals surface area contributed by atoms with Crippen LogP contribution in [0.15, 0.2) is 24.3 Å². The smallest absolute Gasteiger partial charge is 0.326 e. The quantitative estimate of drug-likeness (QED) is 0.897. The molecule has 2 N–H and O–H groups in total. The van der Waals surface area contributed by atoms with Crippen LogP contribution in [0.5, 0.6) is 0 Å². The molecule has 21 heavy (non-hydrogen) atoms. The Labute approximate surface area is 125 Å². The summed E-state index contributed by atoms with van der Waals surface area (Å²) in [7, 11) is 0. The molecule has 0 bridgehead atoms. The van der Waals surface area contributed by atoms with Crippen LogP contribution in [0.2, 0.25) is 0 Å². The first kappa shape index (κ1) is 15.4. The molecule has 2 amide bonds. The SMILES string of the molecule is CC(C)C(C)NC(=O)N1Cc2ccccc2C[C@@H]1C(=O)O. The van der Waals surface area contributed by atoms with Gasteiger partial charge in [0.05, 0.1) is 0 Å². The van der Waals surface area contributed by atoms with E-state index in [1.807, 2.05) is 45.0 Å². The number of hydrogen-bond donors (Lipinski definition) is 2. The van der Waals surface area contributed by atoms with Crippen LogP contribution in [0.1, 0.15) is 31.9 Å². The second kappa shape index (κ2) is 6.16. The summed E-state index contributed by atoms with van der Waals surface area (Å²) in [5.74, 6) is -0.661. The van der Waals surface area contributed by atoms with Crippen LogP contribution in [0.4, 0.5) is 4.79 Å². The van der Waals surface area contributed by atoms with Gasteiger partial charge < -0.3 is 15.3 Å². The van der Waals surface area contributed by atoms with E-state index in [4.69, 9.17) is 0 Å². The standard InChI is InChI=1S/C16H22N2O3/c1-10(2)11(3)17-16(21)18-9-13-7-5-4-6-12(13)8-14(18)15(19)20/h4-7,10-11,14H,8-9H2,1-3H3,(H,17,21)(H,19,20)/t11?,14-/m1/s1. The Hall–Kier alpha value is -2.04. The molecule has 114 valence electrons. The molecule has 1 heterocycles. The molecule has 5 nitrogen and oxygen atoms in total. The first-order valence-corrected chi connectivity index (χ1v) is 7.27. The van der Waals surface area contributed by atoms with E-state index < -0.39 is 12.0 Å². The number of amides is 2. The molecule has 2 rings (SSSR count). The highest BCUT2D eigenvalue weighted by atomic mass is 16.4. The van der Waals surface area contributed by atoms with Gasteiger partial charge in [-0.15, -0.1) is 0 Å². The lowest BCUT2D eigenvalue weighted by Gasteiger charge is -2.35. The van der Waals surface area contributed by atoms with Gasteiger partial charge in [0.1, 0.15) is 6.04 Å². The van der Waals surface area contributed by atoms with E-state index in [1.54, 1.807) is 0 Å². The molecule has 1 unspecified atom stereocenters. The van der Waals surface area contributed by atoms with Gasteiger partial charge in [-0.3, -0.25) is 0 Å². The lowest BCUT2D eigenvalue weighted by atomic mass is 9.94. The zero-order valence-corrected chi connectivity index (χ0v) is 12.7. The molecule has 0 spiro atoms. The second-order valence-corrected chi connectivity index (χ2v) is 5.94.